The highest BCUT2D eigenvalue weighted by Gasteiger charge is 2.16. The van der Waals surface area contributed by atoms with E-state index in [-0.39, 0.29) is 11.9 Å². The van der Waals surface area contributed by atoms with Crippen LogP contribution in [0.3, 0.4) is 0 Å². The Morgan fingerprint density at radius 1 is 1.29 bits per heavy atom. The van der Waals surface area contributed by atoms with Gasteiger partial charge in [0.1, 0.15) is 5.03 Å². The maximum atomic E-state index is 12.5. The predicted octanol–water partition coefficient (Wildman–Crippen LogP) is 3.99. The first-order valence-electron chi connectivity index (χ1n) is 7.02. The number of hydrogen-bond donors (Lipinski definition) is 1. The number of benzene rings is 1. The van der Waals surface area contributed by atoms with Crippen molar-refractivity contribution < 1.29 is 4.79 Å². The van der Waals surface area contributed by atoms with E-state index < -0.39 is 0 Å². The minimum atomic E-state index is -0.0696. The minimum absolute atomic E-state index is 0.0213. The zero-order valence-corrected chi connectivity index (χ0v) is 13.4. The van der Waals surface area contributed by atoms with Crippen LogP contribution in [-0.2, 0) is 0 Å². The molecule has 0 aliphatic carbocycles. The molecule has 1 atom stereocenters. The fraction of sp³-hybridized carbons (Fsp3) is 0.294. The van der Waals surface area contributed by atoms with Crippen LogP contribution >= 0.6 is 11.8 Å². The third-order valence-electron chi connectivity index (χ3n) is 3.40. The lowest BCUT2D eigenvalue weighted by atomic mass is 10.0. The lowest BCUT2D eigenvalue weighted by Gasteiger charge is -2.18. The molecule has 4 heteroatoms. The van der Waals surface area contributed by atoms with Crippen LogP contribution in [0.2, 0.25) is 0 Å². The molecule has 21 heavy (non-hydrogen) atoms. The summed E-state index contributed by atoms with van der Waals surface area (Å²) in [4.78, 5) is 16.7. The molecule has 2 aromatic rings. The van der Waals surface area contributed by atoms with Gasteiger partial charge in [-0.25, -0.2) is 4.98 Å². The summed E-state index contributed by atoms with van der Waals surface area (Å²) in [7, 11) is 0. The van der Waals surface area contributed by atoms with Crippen molar-refractivity contribution in [3.05, 3.63) is 59.3 Å². The summed E-state index contributed by atoms with van der Waals surface area (Å²) in [6, 6.07) is 11.9. The van der Waals surface area contributed by atoms with E-state index in [2.05, 4.69) is 48.4 Å². The lowest BCUT2D eigenvalue weighted by molar-refractivity contribution is 0.0932. The average Bonchev–Trinajstić information content (AvgIpc) is 2.53. The van der Waals surface area contributed by atoms with Crippen molar-refractivity contribution in [2.45, 2.75) is 31.3 Å². The predicted molar refractivity (Wildman–Crippen MR) is 87.7 cm³/mol. The number of aromatic nitrogens is 1. The van der Waals surface area contributed by atoms with Gasteiger partial charge in [0.05, 0.1) is 11.6 Å². The average molecular weight is 300 g/mol. The van der Waals surface area contributed by atoms with Crippen molar-refractivity contribution >= 4 is 17.7 Å². The first-order chi connectivity index (χ1) is 10.2. The highest BCUT2D eigenvalue weighted by Crippen LogP contribution is 2.21. The summed E-state index contributed by atoms with van der Waals surface area (Å²) in [6.45, 7) is 4.13. The number of thioether (sulfide) groups is 1. The van der Waals surface area contributed by atoms with E-state index in [9.17, 15) is 4.79 Å². The fourth-order valence-corrected chi connectivity index (χ4v) is 2.73. The molecule has 1 aromatic heterocycles. The normalized spacial score (nSPS) is 12.0. The van der Waals surface area contributed by atoms with Crippen LogP contribution in [0.5, 0.6) is 0 Å². The van der Waals surface area contributed by atoms with Crippen LogP contribution in [0.25, 0.3) is 0 Å². The van der Waals surface area contributed by atoms with Crippen molar-refractivity contribution in [2.24, 2.45) is 0 Å². The second-order valence-electron chi connectivity index (χ2n) is 4.91. The van der Waals surface area contributed by atoms with Gasteiger partial charge in [0.25, 0.3) is 5.91 Å². The number of rotatable bonds is 5. The molecular formula is C17H20N2OS. The van der Waals surface area contributed by atoms with Gasteiger partial charge in [-0.2, -0.15) is 0 Å². The molecule has 0 spiro atoms. The molecule has 0 fully saturated rings. The zero-order valence-electron chi connectivity index (χ0n) is 12.6. The van der Waals surface area contributed by atoms with Crippen molar-refractivity contribution in [3.8, 4) is 0 Å². The molecule has 0 unspecified atom stereocenters. The van der Waals surface area contributed by atoms with Gasteiger partial charge in [0, 0.05) is 6.20 Å². The van der Waals surface area contributed by atoms with Crippen LogP contribution in [0.1, 0.15) is 40.9 Å². The van der Waals surface area contributed by atoms with Gasteiger partial charge in [-0.05, 0) is 37.3 Å². The molecular weight excluding hydrogens is 280 g/mol. The van der Waals surface area contributed by atoms with Gasteiger partial charge >= 0.3 is 0 Å². The van der Waals surface area contributed by atoms with E-state index in [0.717, 1.165) is 17.0 Å². The van der Waals surface area contributed by atoms with Gasteiger partial charge < -0.3 is 5.32 Å². The number of aryl methyl sites for hydroxylation is 1. The van der Waals surface area contributed by atoms with Crippen LogP contribution < -0.4 is 5.32 Å². The topological polar surface area (TPSA) is 42.0 Å². The van der Waals surface area contributed by atoms with Crippen LogP contribution in [0.15, 0.2) is 47.6 Å². The summed E-state index contributed by atoms with van der Waals surface area (Å²) in [6.07, 6.45) is 4.49. The van der Waals surface area contributed by atoms with E-state index in [1.54, 1.807) is 12.3 Å². The van der Waals surface area contributed by atoms with Gasteiger partial charge in [-0.3, -0.25) is 4.79 Å². The second-order valence-corrected chi connectivity index (χ2v) is 5.70. The van der Waals surface area contributed by atoms with Gasteiger partial charge in [0.15, 0.2) is 0 Å². The Kier molecular flexibility index (Phi) is 5.39. The Bertz CT molecular complexity index is 610. The number of nitrogens with zero attached hydrogens (tertiary/aromatic N) is 1. The zero-order chi connectivity index (χ0) is 15.2. The van der Waals surface area contributed by atoms with Crippen LogP contribution in [-0.4, -0.2) is 17.1 Å². The molecule has 0 radical (unpaired) electrons. The molecule has 1 amide bonds. The molecule has 1 aromatic carbocycles. The molecule has 0 aliphatic rings. The van der Waals surface area contributed by atoms with E-state index in [1.165, 1.54) is 17.3 Å². The Hall–Kier alpha value is -1.81. The van der Waals surface area contributed by atoms with Gasteiger partial charge in [-0.1, -0.05) is 36.8 Å². The summed E-state index contributed by atoms with van der Waals surface area (Å²) < 4.78 is 0. The molecule has 2 rings (SSSR count). The van der Waals surface area contributed by atoms with Crippen molar-refractivity contribution in [1.29, 1.82) is 0 Å². The monoisotopic (exact) mass is 300 g/mol. The highest BCUT2D eigenvalue weighted by molar-refractivity contribution is 7.98. The number of carbonyl (C=O) groups is 1. The van der Waals surface area contributed by atoms with E-state index >= 15 is 0 Å². The van der Waals surface area contributed by atoms with E-state index in [4.69, 9.17) is 0 Å². The number of amides is 1. The largest absolute Gasteiger partial charge is 0.345 e. The summed E-state index contributed by atoms with van der Waals surface area (Å²) in [5, 5.41) is 3.86. The highest BCUT2D eigenvalue weighted by atomic mass is 32.2. The molecule has 1 heterocycles. The van der Waals surface area contributed by atoms with Crippen molar-refractivity contribution in [2.75, 3.05) is 6.26 Å². The quantitative estimate of drug-likeness (QED) is 0.849. The second kappa shape index (κ2) is 7.27. The number of hydrogen-bond acceptors (Lipinski definition) is 3. The van der Waals surface area contributed by atoms with Crippen LogP contribution in [0, 0.1) is 6.92 Å². The standard InChI is InChI=1S/C17H20N2OS/c1-4-15(13-9-7-12(2)8-10-13)19-16(20)14-6-5-11-18-17(14)21-3/h5-11,15H,4H2,1-3H3,(H,19,20)/t15-/m1/s1. The minimum Gasteiger partial charge on any atom is -0.345 e. The van der Waals surface area contributed by atoms with E-state index in [0.29, 0.717) is 5.56 Å². The Morgan fingerprint density at radius 3 is 2.62 bits per heavy atom. The summed E-state index contributed by atoms with van der Waals surface area (Å²) >= 11 is 1.48. The first-order valence-corrected chi connectivity index (χ1v) is 8.24. The fourth-order valence-electron chi connectivity index (χ4n) is 2.18. The van der Waals surface area contributed by atoms with Crippen LogP contribution in [0.4, 0.5) is 0 Å². The third-order valence-corrected chi connectivity index (χ3v) is 4.11. The maximum Gasteiger partial charge on any atom is 0.254 e. The molecule has 1 N–H and O–H groups in total. The Morgan fingerprint density at radius 2 is 2.00 bits per heavy atom. The number of carbonyl (C=O) groups excluding carboxylic acids is 1. The molecule has 0 bridgehead atoms. The van der Waals surface area contributed by atoms with Gasteiger partial charge in [0.2, 0.25) is 0 Å². The smallest absolute Gasteiger partial charge is 0.254 e. The Balaban J connectivity index is 2.18. The number of pyridine rings is 1. The van der Waals surface area contributed by atoms with Crippen molar-refractivity contribution in [3.63, 3.8) is 0 Å². The lowest BCUT2D eigenvalue weighted by Crippen LogP contribution is -2.28. The van der Waals surface area contributed by atoms with E-state index in [1.807, 2.05) is 12.3 Å². The molecule has 0 saturated heterocycles. The molecule has 0 saturated carbocycles. The van der Waals surface area contributed by atoms with Gasteiger partial charge in [-0.15, -0.1) is 11.8 Å². The Labute approximate surface area is 130 Å². The summed E-state index contributed by atoms with van der Waals surface area (Å²) in [5.74, 6) is -0.0696. The SMILES string of the molecule is CC[C@@H](NC(=O)c1cccnc1SC)c1ccc(C)cc1. The molecule has 3 nitrogen and oxygen atoms in total. The third kappa shape index (κ3) is 3.85. The molecule has 110 valence electrons. The first kappa shape index (κ1) is 15.6. The maximum absolute atomic E-state index is 12.5. The van der Waals surface area contributed by atoms with Crippen molar-refractivity contribution in [1.82, 2.24) is 10.3 Å². The summed E-state index contributed by atoms with van der Waals surface area (Å²) in [5.41, 5.74) is 2.98. The number of nitrogens with one attached hydrogen (secondary N) is 1. The molecule has 0 aliphatic heterocycles.